The van der Waals surface area contributed by atoms with Gasteiger partial charge in [-0.25, -0.2) is 5.43 Å². The summed E-state index contributed by atoms with van der Waals surface area (Å²) in [5, 5.41) is 0. The highest BCUT2D eigenvalue weighted by Gasteiger charge is 2.43. The topological polar surface area (TPSA) is 62.8 Å². The third-order valence-corrected chi connectivity index (χ3v) is 5.11. The quantitative estimate of drug-likeness (QED) is 0.845. The van der Waals surface area contributed by atoms with Crippen molar-refractivity contribution in [3.8, 4) is 0 Å². The van der Waals surface area contributed by atoms with Gasteiger partial charge in [0.25, 0.3) is 0 Å². The number of likely N-dealkylation sites (tertiary alicyclic amines) is 1. The minimum Gasteiger partial charge on any atom is -0.347 e. The summed E-state index contributed by atoms with van der Waals surface area (Å²) in [6.45, 7) is 3.40. The van der Waals surface area contributed by atoms with Crippen molar-refractivity contribution in [2.24, 2.45) is 5.92 Å². The second-order valence-electron chi connectivity index (χ2n) is 6.45. The van der Waals surface area contributed by atoms with Crippen molar-refractivity contribution in [3.63, 3.8) is 0 Å². The number of nitrogens with one attached hydrogen (secondary N) is 2. The molecule has 1 aromatic rings. The van der Waals surface area contributed by atoms with Crippen LogP contribution in [0.25, 0.3) is 0 Å². The summed E-state index contributed by atoms with van der Waals surface area (Å²) in [4.78, 5) is 14.9. The first-order valence-electron chi connectivity index (χ1n) is 8.37. The third kappa shape index (κ3) is 2.87. The van der Waals surface area contributed by atoms with Gasteiger partial charge in [-0.15, -0.1) is 0 Å². The van der Waals surface area contributed by atoms with E-state index in [1.165, 1.54) is 0 Å². The fourth-order valence-electron chi connectivity index (χ4n) is 3.79. The van der Waals surface area contributed by atoms with Crippen molar-refractivity contribution in [1.82, 2.24) is 15.8 Å². The number of piperidine rings is 1. The molecule has 6 nitrogen and oxygen atoms in total. The predicted octanol–water partition coefficient (Wildman–Crippen LogP) is 0.817. The van der Waals surface area contributed by atoms with Crippen molar-refractivity contribution in [1.29, 1.82) is 0 Å². The Morgan fingerprint density at radius 2 is 1.83 bits per heavy atom. The highest BCUT2D eigenvalue weighted by Crippen LogP contribution is 2.33. The second-order valence-corrected chi connectivity index (χ2v) is 6.45. The molecular weight excluding hydrogens is 294 g/mol. The molecule has 23 heavy (non-hydrogen) atoms. The molecule has 1 spiro atoms. The number of carbonyl (C=O) groups excluding carboxylic acids is 1. The number of hydrazine groups is 1. The molecule has 6 heteroatoms. The van der Waals surface area contributed by atoms with E-state index in [0.717, 1.165) is 18.4 Å². The van der Waals surface area contributed by atoms with Gasteiger partial charge in [0.05, 0.1) is 25.2 Å². The van der Waals surface area contributed by atoms with Gasteiger partial charge in [0.2, 0.25) is 5.91 Å². The van der Waals surface area contributed by atoms with E-state index in [0.29, 0.717) is 32.8 Å². The molecule has 3 fully saturated rings. The summed E-state index contributed by atoms with van der Waals surface area (Å²) in [7, 11) is 0. The van der Waals surface area contributed by atoms with Gasteiger partial charge < -0.3 is 14.4 Å². The average Bonchev–Trinajstić information content (AvgIpc) is 3.26. The summed E-state index contributed by atoms with van der Waals surface area (Å²) in [6.07, 6.45) is 1.53. The van der Waals surface area contributed by atoms with E-state index in [1.54, 1.807) is 0 Å². The van der Waals surface area contributed by atoms with Crippen molar-refractivity contribution in [2.75, 3.05) is 32.8 Å². The van der Waals surface area contributed by atoms with Crippen molar-refractivity contribution >= 4 is 5.91 Å². The number of benzene rings is 1. The largest absolute Gasteiger partial charge is 0.347 e. The standard InChI is InChI=1S/C17H23N3O3/c21-16(20-8-6-17(7-9-20)22-10-11-23-17)14-12-18-19-15(14)13-4-2-1-3-5-13/h1-5,14-15,18-19H,6-12H2. The van der Waals surface area contributed by atoms with Gasteiger partial charge in [0, 0.05) is 32.5 Å². The third-order valence-electron chi connectivity index (χ3n) is 5.11. The zero-order valence-electron chi connectivity index (χ0n) is 13.2. The Bertz CT molecular complexity index is 549. The van der Waals surface area contributed by atoms with Gasteiger partial charge in [0.15, 0.2) is 5.79 Å². The predicted molar refractivity (Wildman–Crippen MR) is 84.3 cm³/mol. The molecule has 0 bridgehead atoms. The van der Waals surface area contributed by atoms with Crippen LogP contribution in [0.5, 0.6) is 0 Å². The van der Waals surface area contributed by atoms with Crippen LogP contribution in [0.3, 0.4) is 0 Å². The molecule has 0 saturated carbocycles. The average molecular weight is 317 g/mol. The van der Waals surface area contributed by atoms with Crippen LogP contribution in [-0.2, 0) is 14.3 Å². The van der Waals surface area contributed by atoms with Crippen LogP contribution in [0, 0.1) is 5.92 Å². The van der Waals surface area contributed by atoms with E-state index in [4.69, 9.17) is 9.47 Å². The van der Waals surface area contributed by atoms with Crippen molar-refractivity contribution in [2.45, 2.75) is 24.7 Å². The van der Waals surface area contributed by atoms with Crippen LogP contribution in [0.1, 0.15) is 24.4 Å². The number of amides is 1. The minimum absolute atomic E-state index is 0.0265. The molecule has 4 rings (SSSR count). The summed E-state index contributed by atoms with van der Waals surface area (Å²) in [5.41, 5.74) is 7.53. The Labute approximate surface area is 136 Å². The van der Waals surface area contributed by atoms with Crippen LogP contribution in [0.4, 0.5) is 0 Å². The Morgan fingerprint density at radius 3 is 2.52 bits per heavy atom. The monoisotopic (exact) mass is 317 g/mol. The summed E-state index contributed by atoms with van der Waals surface area (Å²) in [6, 6.07) is 10.2. The highest BCUT2D eigenvalue weighted by molar-refractivity contribution is 5.80. The molecule has 3 aliphatic rings. The Morgan fingerprint density at radius 1 is 1.13 bits per heavy atom. The summed E-state index contributed by atoms with van der Waals surface area (Å²) < 4.78 is 11.5. The van der Waals surface area contributed by atoms with Crippen molar-refractivity contribution in [3.05, 3.63) is 35.9 Å². The first-order valence-corrected chi connectivity index (χ1v) is 8.37. The zero-order valence-corrected chi connectivity index (χ0v) is 13.2. The molecule has 2 atom stereocenters. The van der Waals surface area contributed by atoms with Gasteiger partial charge in [-0.2, -0.15) is 0 Å². The lowest BCUT2D eigenvalue weighted by Crippen LogP contribution is -2.49. The number of hydrogen-bond donors (Lipinski definition) is 2. The molecular formula is C17H23N3O3. The summed E-state index contributed by atoms with van der Waals surface area (Å²) in [5.74, 6) is -0.289. The first-order chi connectivity index (χ1) is 11.3. The number of hydrogen-bond acceptors (Lipinski definition) is 5. The molecule has 0 aromatic heterocycles. The zero-order chi connectivity index (χ0) is 15.7. The van der Waals surface area contributed by atoms with E-state index in [1.807, 2.05) is 23.1 Å². The van der Waals surface area contributed by atoms with Gasteiger partial charge in [-0.05, 0) is 5.56 Å². The van der Waals surface area contributed by atoms with E-state index in [-0.39, 0.29) is 17.9 Å². The molecule has 1 amide bonds. The number of nitrogens with zero attached hydrogens (tertiary/aromatic N) is 1. The van der Waals surface area contributed by atoms with Crippen molar-refractivity contribution < 1.29 is 14.3 Å². The number of rotatable bonds is 2. The Balaban J connectivity index is 1.42. The smallest absolute Gasteiger partial charge is 0.229 e. The fourth-order valence-corrected chi connectivity index (χ4v) is 3.79. The van der Waals surface area contributed by atoms with E-state index >= 15 is 0 Å². The van der Waals surface area contributed by atoms with Gasteiger partial charge in [-0.1, -0.05) is 30.3 Å². The molecule has 2 N–H and O–H groups in total. The molecule has 0 radical (unpaired) electrons. The van der Waals surface area contributed by atoms with E-state index in [2.05, 4.69) is 23.0 Å². The second kappa shape index (κ2) is 6.20. The lowest BCUT2D eigenvalue weighted by Gasteiger charge is -2.38. The minimum atomic E-state index is -0.429. The molecule has 3 saturated heterocycles. The van der Waals surface area contributed by atoms with Crippen LogP contribution in [-0.4, -0.2) is 49.4 Å². The fraction of sp³-hybridized carbons (Fsp3) is 0.588. The van der Waals surface area contributed by atoms with Crippen LogP contribution in [0.15, 0.2) is 30.3 Å². The molecule has 0 aliphatic carbocycles. The van der Waals surface area contributed by atoms with Crippen LogP contribution in [0.2, 0.25) is 0 Å². The highest BCUT2D eigenvalue weighted by atomic mass is 16.7. The number of carbonyl (C=O) groups is 1. The molecule has 1 aromatic carbocycles. The Kier molecular flexibility index (Phi) is 4.07. The maximum atomic E-state index is 13.0. The number of ether oxygens (including phenoxy) is 2. The molecule has 2 unspecified atom stereocenters. The maximum Gasteiger partial charge on any atom is 0.229 e. The lowest BCUT2D eigenvalue weighted by molar-refractivity contribution is -0.188. The lowest BCUT2D eigenvalue weighted by atomic mass is 9.92. The van der Waals surface area contributed by atoms with Gasteiger partial charge in [0.1, 0.15) is 0 Å². The maximum absolute atomic E-state index is 13.0. The van der Waals surface area contributed by atoms with Gasteiger partial charge >= 0.3 is 0 Å². The summed E-state index contributed by atoms with van der Waals surface area (Å²) >= 11 is 0. The molecule has 3 aliphatic heterocycles. The normalized spacial score (nSPS) is 30.0. The van der Waals surface area contributed by atoms with Crippen LogP contribution < -0.4 is 10.9 Å². The SMILES string of the molecule is O=C(C1CNNC1c1ccccc1)N1CCC2(CC1)OCCO2. The van der Waals surface area contributed by atoms with E-state index < -0.39 is 5.79 Å². The Hall–Kier alpha value is -1.47. The van der Waals surface area contributed by atoms with E-state index in [9.17, 15) is 4.79 Å². The molecule has 124 valence electrons. The van der Waals surface area contributed by atoms with Crippen LogP contribution >= 0.6 is 0 Å². The first kappa shape index (κ1) is 15.1. The van der Waals surface area contributed by atoms with Gasteiger partial charge in [-0.3, -0.25) is 10.2 Å². The molecule has 3 heterocycles.